The molecule has 1 amide bonds. The Bertz CT molecular complexity index is 1030. The quantitative estimate of drug-likeness (QED) is 0.552. The summed E-state index contributed by atoms with van der Waals surface area (Å²) in [6, 6.07) is 9.77. The van der Waals surface area contributed by atoms with Crippen LogP contribution in [0.1, 0.15) is 23.5 Å². The molecular weight excluding hydrogens is 440 g/mol. The molecule has 2 atom stereocenters. The van der Waals surface area contributed by atoms with Gasteiger partial charge in [0.05, 0.1) is 35.3 Å². The summed E-state index contributed by atoms with van der Waals surface area (Å²) in [5.74, 6) is 0.814. The van der Waals surface area contributed by atoms with Gasteiger partial charge in [0.2, 0.25) is 0 Å². The van der Waals surface area contributed by atoms with E-state index in [1.54, 1.807) is 7.11 Å². The fraction of sp³-hybridized carbons (Fsp3) is 0.333. The smallest absolute Gasteiger partial charge is 0.264 e. The van der Waals surface area contributed by atoms with E-state index in [2.05, 4.69) is 20.9 Å². The first kappa shape index (κ1) is 19.4. The lowest BCUT2D eigenvalue weighted by Gasteiger charge is -2.35. The molecule has 2 unspecified atom stereocenters. The first-order valence-corrected chi connectivity index (χ1v) is 10.7. The van der Waals surface area contributed by atoms with E-state index in [0.717, 1.165) is 31.6 Å². The average molecular weight is 461 g/mol. The van der Waals surface area contributed by atoms with E-state index in [1.165, 1.54) is 11.3 Å². The molecule has 4 rings (SSSR count). The Labute approximate surface area is 176 Å². The average Bonchev–Trinajstić information content (AvgIpc) is 3.16. The maximum Gasteiger partial charge on any atom is 0.264 e. The van der Waals surface area contributed by atoms with Gasteiger partial charge in [0.25, 0.3) is 5.91 Å². The number of methoxy groups -OCH3 is 1. The van der Waals surface area contributed by atoms with Gasteiger partial charge in [-0.15, -0.1) is 11.3 Å². The van der Waals surface area contributed by atoms with Crippen LogP contribution in [0.5, 0.6) is 5.75 Å². The summed E-state index contributed by atoms with van der Waals surface area (Å²) in [5, 5.41) is 0.937. The molecule has 0 radical (unpaired) electrons. The van der Waals surface area contributed by atoms with Crippen LogP contribution in [0.25, 0.3) is 21.3 Å². The van der Waals surface area contributed by atoms with Crippen LogP contribution in [0.2, 0.25) is 0 Å². The number of morpholine rings is 1. The molecule has 146 valence electrons. The van der Waals surface area contributed by atoms with Gasteiger partial charge >= 0.3 is 0 Å². The van der Waals surface area contributed by atoms with Gasteiger partial charge in [0.15, 0.2) is 0 Å². The number of rotatable bonds is 3. The fourth-order valence-electron chi connectivity index (χ4n) is 3.66. The van der Waals surface area contributed by atoms with Crippen molar-refractivity contribution in [3.63, 3.8) is 0 Å². The van der Waals surface area contributed by atoms with E-state index in [4.69, 9.17) is 9.47 Å². The number of amides is 1. The predicted molar refractivity (Wildman–Crippen MR) is 115 cm³/mol. The largest absolute Gasteiger partial charge is 0.495 e. The third-order valence-electron chi connectivity index (χ3n) is 4.79. The van der Waals surface area contributed by atoms with Crippen LogP contribution in [0, 0.1) is 0 Å². The van der Waals surface area contributed by atoms with Gasteiger partial charge in [-0.3, -0.25) is 9.78 Å². The van der Waals surface area contributed by atoms with Gasteiger partial charge in [-0.25, -0.2) is 0 Å². The van der Waals surface area contributed by atoms with Crippen LogP contribution < -0.4 is 4.74 Å². The lowest BCUT2D eigenvalue weighted by Crippen LogP contribution is -2.48. The molecule has 3 aromatic rings. The highest BCUT2D eigenvalue weighted by Gasteiger charge is 2.27. The van der Waals surface area contributed by atoms with Gasteiger partial charge < -0.3 is 14.4 Å². The molecule has 1 aromatic carbocycles. The molecule has 1 fully saturated rings. The molecule has 1 aliphatic rings. The van der Waals surface area contributed by atoms with Crippen LogP contribution in [0.4, 0.5) is 0 Å². The van der Waals surface area contributed by atoms with Crippen LogP contribution in [0.15, 0.2) is 41.0 Å². The molecule has 0 aliphatic carbocycles. The van der Waals surface area contributed by atoms with Crippen molar-refractivity contribution in [3.05, 3.63) is 45.9 Å². The van der Waals surface area contributed by atoms with Crippen molar-refractivity contribution in [3.8, 4) is 16.2 Å². The van der Waals surface area contributed by atoms with Gasteiger partial charge in [0, 0.05) is 34.0 Å². The van der Waals surface area contributed by atoms with Crippen molar-refractivity contribution in [2.24, 2.45) is 0 Å². The molecule has 1 saturated heterocycles. The molecule has 3 heterocycles. The zero-order valence-corrected chi connectivity index (χ0v) is 18.3. The Morgan fingerprint density at radius 2 is 2.00 bits per heavy atom. The Morgan fingerprint density at radius 1 is 1.25 bits per heavy atom. The number of fused-ring (bicyclic) bond motifs is 1. The third-order valence-corrected chi connectivity index (χ3v) is 6.54. The second kappa shape index (κ2) is 7.81. The summed E-state index contributed by atoms with van der Waals surface area (Å²) in [6.07, 6.45) is 1.91. The van der Waals surface area contributed by atoms with Crippen molar-refractivity contribution in [2.45, 2.75) is 26.1 Å². The molecule has 0 spiro atoms. The second-order valence-corrected chi connectivity index (χ2v) is 8.91. The van der Waals surface area contributed by atoms with Crippen LogP contribution in [-0.2, 0) is 4.74 Å². The van der Waals surface area contributed by atoms with Crippen molar-refractivity contribution < 1.29 is 14.3 Å². The standard InChI is InChI=1S/C21H21BrN2O3S/c1-12-10-24(11-13(2)27-12)21(25)18-8-7-17(28-18)15-9-23-19-14(20(15)26-3)5-4-6-16(19)22/h4-9,12-13H,10-11H2,1-3H3. The zero-order valence-electron chi connectivity index (χ0n) is 15.9. The summed E-state index contributed by atoms with van der Waals surface area (Å²) < 4.78 is 12.4. The van der Waals surface area contributed by atoms with E-state index in [1.807, 2.05) is 55.3 Å². The van der Waals surface area contributed by atoms with Gasteiger partial charge in [-0.2, -0.15) is 0 Å². The highest BCUT2D eigenvalue weighted by Crippen LogP contribution is 2.40. The summed E-state index contributed by atoms with van der Waals surface area (Å²) >= 11 is 5.01. The number of ether oxygens (including phenoxy) is 2. The summed E-state index contributed by atoms with van der Waals surface area (Å²) in [7, 11) is 1.66. The maximum atomic E-state index is 13.0. The van der Waals surface area contributed by atoms with Crippen LogP contribution in [-0.4, -0.2) is 48.2 Å². The number of hydrogen-bond acceptors (Lipinski definition) is 5. The number of thiophene rings is 1. The lowest BCUT2D eigenvalue weighted by molar-refractivity contribution is -0.0585. The molecule has 0 saturated carbocycles. The molecule has 0 bridgehead atoms. The van der Waals surface area contributed by atoms with Crippen molar-refractivity contribution in [1.82, 2.24) is 9.88 Å². The predicted octanol–water partition coefficient (Wildman–Crippen LogP) is 4.98. The van der Waals surface area contributed by atoms with Gasteiger partial charge in [-0.05, 0) is 54.0 Å². The van der Waals surface area contributed by atoms with Crippen molar-refractivity contribution in [1.29, 1.82) is 0 Å². The molecule has 0 N–H and O–H groups in total. The third kappa shape index (κ3) is 3.54. The number of halogens is 1. The van der Waals surface area contributed by atoms with E-state index in [-0.39, 0.29) is 18.1 Å². The lowest BCUT2D eigenvalue weighted by atomic mass is 10.1. The fourth-order valence-corrected chi connectivity index (χ4v) is 5.10. The number of pyridine rings is 1. The van der Waals surface area contributed by atoms with E-state index < -0.39 is 0 Å². The first-order chi connectivity index (χ1) is 13.5. The van der Waals surface area contributed by atoms with Crippen LogP contribution >= 0.6 is 27.3 Å². The zero-order chi connectivity index (χ0) is 19.8. The Morgan fingerprint density at radius 3 is 2.71 bits per heavy atom. The molecule has 28 heavy (non-hydrogen) atoms. The molecule has 2 aromatic heterocycles. The molecule has 7 heteroatoms. The topological polar surface area (TPSA) is 51.7 Å². The molecular formula is C21H21BrN2O3S. The van der Waals surface area contributed by atoms with Gasteiger partial charge in [-0.1, -0.05) is 6.07 Å². The summed E-state index contributed by atoms with van der Waals surface area (Å²) in [5.41, 5.74) is 1.74. The number of hydrogen-bond donors (Lipinski definition) is 0. The van der Waals surface area contributed by atoms with Crippen LogP contribution in [0.3, 0.4) is 0 Å². The Balaban J connectivity index is 1.69. The highest BCUT2D eigenvalue weighted by atomic mass is 79.9. The number of para-hydroxylation sites is 1. The summed E-state index contributed by atoms with van der Waals surface area (Å²) in [4.78, 5) is 21.1. The number of aromatic nitrogens is 1. The summed E-state index contributed by atoms with van der Waals surface area (Å²) in [6.45, 7) is 5.23. The number of benzene rings is 1. The number of carbonyl (C=O) groups is 1. The monoisotopic (exact) mass is 460 g/mol. The minimum Gasteiger partial charge on any atom is -0.495 e. The minimum absolute atomic E-state index is 0.0497. The van der Waals surface area contributed by atoms with Crippen molar-refractivity contribution in [2.75, 3.05) is 20.2 Å². The maximum absolute atomic E-state index is 13.0. The number of carbonyl (C=O) groups excluding carboxylic acids is 1. The van der Waals surface area contributed by atoms with E-state index in [0.29, 0.717) is 18.0 Å². The highest BCUT2D eigenvalue weighted by molar-refractivity contribution is 9.10. The van der Waals surface area contributed by atoms with E-state index in [9.17, 15) is 4.79 Å². The van der Waals surface area contributed by atoms with Crippen molar-refractivity contribution >= 4 is 44.1 Å². The normalized spacial score (nSPS) is 19.8. The first-order valence-electron chi connectivity index (χ1n) is 9.14. The minimum atomic E-state index is 0.0497. The Hall–Kier alpha value is -1.96. The molecule has 1 aliphatic heterocycles. The second-order valence-electron chi connectivity index (χ2n) is 6.97. The number of nitrogens with zero attached hydrogens (tertiary/aromatic N) is 2. The molecule has 5 nitrogen and oxygen atoms in total. The SMILES string of the molecule is COc1c(-c2ccc(C(=O)N3CC(C)OC(C)C3)s2)cnc2c(Br)cccc12. The Kier molecular flexibility index (Phi) is 5.40. The van der Waals surface area contributed by atoms with Gasteiger partial charge in [0.1, 0.15) is 5.75 Å². The van der Waals surface area contributed by atoms with E-state index >= 15 is 0 Å².